The Morgan fingerprint density at radius 3 is 2.92 bits per heavy atom. The molecule has 2 heterocycles. The van der Waals surface area contributed by atoms with E-state index in [9.17, 15) is 0 Å². The molecule has 0 bridgehead atoms. The van der Waals surface area contributed by atoms with Gasteiger partial charge in [-0.2, -0.15) is 0 Å². The largest absolute Gasteiger partial charge is 0.370 e. The standard InChI is InChI=1S/C10H18O3/c1-10(2,3)13-8-6-12-9-7(8)4-5-11-9/h7-9H,4-6H2,1-3H3/t7-,8-,9+/m0/s1/i4D2,5D2,7D,9D. The fourth-order valence-electron chi connectivity index (χ4n) is 1.31. The summed E-state index contributed by atoms with van der Waals surface area (Å²) in [6.07, 6.45) is -6.22. The molecule has 0 saturated carbocycles. The lowest BCUT2D eigenvalue weighted by Gasteiger charge is -2.26. The van der Waals surface area contributed by atoms with Gasteiger partial charge in [0.1, 0.15) is 0 Å². The van der Waals surface area contributed by atoms with Gasteiger partial charge in [-0.05, 0) is 27.1 Å². The van der Waals surface area contributed by atoms with E-state index < -0.39 is 36.8 Å². The molecule has 76 valence electrons. The van der Waals surface area contributed by atoms with E-state index in [2.05, 4.69) is 0 Å². The molecule has 3 heteroatoms. The van der Waals surface area contributed by atoms with Crippen LogP contribution in [0.5, 0.6) is 0 Å². The van der Waals surface area contributed by atoms with Gasteiger partial charge in [-0.1, -0.05) is 0 Å². The SMILES string of the molecule is [2H]C1([2H])O[C@]2([2H])OC[C@H](OC(C)(C)C)[C@]2([2H])C1([2H])[2H]. The fourth-order valence-corrected chi connectivity index (χ4v) is 1.31. The van der Waals surface area contributed by atoms with E-state index in [0.717, 1.165) is 0 Å². The summed E-state index contributed by atoms with van der Waals surface area (Å²) < 4.78 is 62.5. The van der Waals surface area contributed by atoms with E-state index in [1.807, 2.05) is 0 Å². The van der Waals surface area contributed by atoms with Crippen LogP contribution < -0.4 is 0 Å². The Kier molecular flexibility index (Phi) is 1.14. The van der Waals surface area contributed by atoms with Crippen LogP contribution >= 0.6 is 0 Å². The van der Waals surface area contributed by atoms with Crippen molar-refractivity contribution in [1.29, 1.82) is 0 Å². The van der Waals surface area contributed by atoms with Gasteiger partial charge in [-0.25, -0.2) is 0 Å². The van der Waals surface area contributed by atoms with Crippen LogP contribution in [-0.2, 0) is 14.2 Å². The van der Waals surface area contributed by atoms with Gasteiger partial charge in [0.25, 0.3) is 0 Å². The molecule has 0 N–H and O–H groups in total. The molecule has 13 heavy (non-hydrogen) atoms. The maximum Gasteiger partial charge on any atom is 0.163 e. The lowest BCUT2D eigenvalue weighted by atomic mass is 10.0. The van der Waals surface area contributed by atoms with Crippen molar-refractivity contribution in [3.05, 3.63) is 0 Å². The van der Waals surface area contributed by atoms with E-state index >= 15 is 0 Å². The molecule has 2 fully saturated rings. The molecule has 3 atom stereocenters. The molecule has 0 spiro atoms. The minimum atomic E-state index is -2.78. The van der Waals surface area contributed by atoms with E-state index in [1.54, 1.807) is 20.8 Å². The number of hydrogen-bond donors (Lipinski definition) is 0. The molecule has 2 aliphatic rings. The van der Waals surface area contributed by atoms with Crippen molar-refractivity contribution in [3.63, 3.8) is 0 Å². The van der Waals surface area contributed by atoms with E-state index in [1.165, 1.54) is 0 Å². The van der Waals surface area contributed by atoms with Gasteiger partial charge in [-0.3, -0.25) is 0 Å². The Balaban J connectivity index is 2.45. The van der Waals surface area contributed by atoms with Crippen LogP contribution in [0.4, 0.5) is 0 Å². The molecule has 3 nitrogen and oxygen atoms in total. The number of ether oxygens (including phenoxy) is 3. The molecule has 0 aromatic heterocycles. The Labute approximate surface area is 87.8 Å². The summed E-state index contributed by atoms with van der Waals surface area (Å²) in [7, 11) is 0. The van der Waals surface area contributed by atoms with E-state index in [4.69, 9.17) is 22.4 Å². The van der Waals surface area contributed by atoms with Gasteiger partial charge < -0.3 is 14.2 Å². The summed E-state index contributed by atoms with van der Waals surface area (Å²) in [6.45, 7) is 2.25. The highest BCUT2D eigenvalue weighted by atomic mass is 16.7. The summed E-state index contributed by atoms with van der Waals surface area (Å²) in [5, 5.41) is 0. The summed E-state index contributed by atoms with van der Waals surface area (Å²) in [5.74, 6) is -2.29. The van der Waals surface area contributed by atoms with Gasteiger partial charge in [0.2, 0.25) is 0 Å². The second kappa shape index (κ2) is 3.23. The Bertz CT molecular complexity index is 395. The lowest BCUT2D eigenvalue weighted by molar-refractivity contribution is -0.0929. The van der Waals surface area contributed by atoms with Crippen LogP contribution in [0.1, 0.15) is 35.4 Å². The van der Waals surface area contributed by atoms with Gasteiger partial charge in [0.15, 0.2) is 6.27 Å². The highest BCUT2D eigenvalue weighted by molar-refractivity contribution is 4.85. The quantitative estimate of drug-likeness (QED) is 0.631. The zero-order valence-corrected chi connectivity index (χ0v) is 8.01. The van der Waals surface area contributed by atoms with E-state index in [0.29, 0.717) is 0 Å². The highest BCUT2D eigenvalue weighted by Gasteiger charge is 2.43. The van der Waals surface area contributed by atoms with Crippen molar-refractivity contribution in [3.8, 4) is 0 Å². The second-order valence-electron chi connectivity index (χ2n) is 4.06. The minimum absolute atomic E-state index is 0.181. The predicted octanol–water partition coefficient (Wildman–Crippen LogP) is 1.56. The van der Waals surface area contributed by atoms with Crippen molar-refractivity contribution < 1.29 is 22.4 Å². The first-order valence-electron chi connectivity index (χ1n) is 7.29. The molecule has 2 aliphatic heterocycles. The third kappa shape index (κ3) is 2.03. The molecule has 0 aromatic rings. The molecule has 0 amide bonds. The Morgan fingerprint density at radius 2 is 2.23 bits per heavy atom. The first-order valence-corrected chi connectivity index (χ1v) is 4.29. The third-order valence-electron chi connectivity index (χ3n) is 1.73. The molecule has 0 radical (unpaired) electrons. The zero-order valence-electron chi connectivity index (χ0n) is 14.0. The van der Waals surface area contributed by atoms with Crippen molar-refractivity contribution in [2.75, 3.05) is 13.2 Å². The first kappa shape index (κ1) is 4.60. The normalized spacial score (nSPS) is 65.3. The molecular formula is C10H18O3. The average molecular weight is 192 g/mol. The maximum absolute atomic E-state index is 8.31. The summed E-state index contributed by atoms with van der Waals surface area (Å²) in [4.78, 5) is 0. The highest BCUT2D eigenvalue weighted by Crippen LogP contribution is 2.34. The van der Waals surface area contributed by atoms with Gasteiger partial charge in [-0.15, -0.1) is 0 Å². The van der Waals surface area contributed by atoms with Crippen molar-refractivity contribution in [2.45, 2.75) is 45.1 Å². The molecular weight excluding hydrogens is 168 g/mol. The summed E-state index contributed by atoms with van der Waals surface area (Å²) in [6, 6.07) is 0. The summed E-state index contributed by atoms with van der Waals surface area (Å²) >= 11 is 0. The van der Waals surface area contributed by atoms with Crippen LogP contribution in [0.15, 0.2) is 0 Å². The topological polar surface area (TPSA) is 27.7 Å². The summed E-state index contributed by atoms with van der Waals surface area (Å²) in [5.41, 5.74) is -0.668. The van der Waals surface area contributed by atoms with Crippen LogP contribution in [-0.4, -0.2) is 31.1 Å². The molecule has 0 aliphatic carbocycles. The smallest absolute Gasteiger partial charge is 0.163 e. The number of fused-ring (bicyclic) bond motifs is 1. The van der Waals surface area contributed by atoms with Gasteiger partial charge in [0.05, 0.1) is 29.0 Å². The van der Waals surface area contributed by atoms with Gasteiger partial charge >= 0.3 is 0 Å². The van der Waals surface area contributed by atoms with Crippen LogP contribution in [0.3, 0.4) is 0 Å². The van der Waals surface area contributed by atoms with E-state index in [-0.39, 0.29) is 6.61 Å². The first-order chi connectivity index (χ1) is 8.27. The second-order valence-corrected chi connectivity index (χ2v) is 4.06. The monoisotopic (exact) mass is 192 g/mol. The van der Waals surface area contributed by atoms with Crippen molar-refractivity contribution in [2.24, 2.45) is 5.89 Å². The average Bonchev–Trinajstić information content (AvgIpc) is 2.45. The lowest BCUT2D eigenvalue weighted by Crippen LogP contribution is -2.32. The predicted molar refractivity (Wildman–Crippen MR) is 48.4 cm³/mol. The number of hydrogen-bond acceptors (Lipinski definition) is 3. The molecule has 0 aromatic carbocycles. The molecule has 2 saturated heterocycles. The Morgan fingerprint density at radius 1 is 1.46 bits per heavy atom. The molecule has 2 rings (SSSR count). The zero-order chi connectivity index (χ0) is 14.9. The minimum Gasteiger partial charge on any atom is -0.370 e. The fraction of sp³-hybridized carbons (Fsp3) is 1.00. The maximum atomic E-state index is 8.31. The van der Waals surface area contributed by atoms with Gasteiger partial charge in [0, 0.05) is 10.0 Å². The number of rotatable bonds is 1. The van der Waals surface area contributed by atoms with Crippen LogP contribution in [0, 0.1) is 5.89 Å². The van der Waals surface area contributed by atoms with Crippen molar-refractivity contribution in [1.82, 2.24) is 0 Å². The Hall–Kier alpha value is -0.120. The third-order valence-corrected chi connectivity index (χ3v) is 1.73. The van der Waals surface area contributed by atoms with Crippen LogP contribution in [0.25, 0.3) is 0 Å². The molecule has 0 unspecified atom stereocenters. The van der Waals surface area contributed by atoms with Crippen molar-refractivity contribution >= 4 is 0 Å². The van der Waals surface area contributed by atoms with Crippen LogP contribution in [0.2, 0.25) is 0 Å².